The lowest BCUT2D eigenvalue weighted by atomic mass is 10.1. The Morgan fingerprint density at radius 2 is 1.76 bits per heavy atom. The minimum absolute atomic E-state index is 0.121. The molecule has 0 spiro atoms. The van der Waals surface area contributed by atoms with Crippen molar-refractivity contribution in [3.05, 3.63) is 65.7 Å². The maximum absolute atomic E-state index is 12.2. The number of carbonyl (C=O) groups excluding carboxylic acids is 1. The zero-order valence-electron chi connectivity index (χ0n) is 14.4. The van der Waals surface area contributed by atoms with Crippen LogP contribution in [0.4, 0.5) is 0 Å². The fourth-order valence-corrected chi connectivity index (χ4v) is 3.22. The van der Waals surface area contributed by atoms with Crippen LogP contribution >= 0.6 is 0 Å². The van der Waals surface area contributed by atoms with Gasteiger partial charge in [-0.05, 0) is 43.9 Å². The Morgan fingerprint density at radius 1 is 1.04 bits per heavy atom. The smallest absolute Gasteiger partial charge is 0.251 e. The van der Waals surface area contributed by atoms with Gasteiger partial charge < -0.3 is 10.2 Å². The van der Waals surface area contributed by atoms with Crippen molar-refractivity contribution in [3.63, 3.8) is 0 Å². The molecule has 0 bridgehead atoms. The molecule has 0 saturated heterocycles. The summed E-state index contributed by atoms with van der Waals surface area (Å²) in [7, 11) is 0.301. The van der Waals surface area contributed by atoms with Crippen LogP contribution in [0.5, 0.6) is 0 Å². The van der Waals surface area contributed by atoms with Crippen molar-refractivity contribution in [2.75, 3.05) is 27.2 Å². The monoisotopic (exact) mass is 361 g/mol. The molecule has 0 aliphatic rings. The Labute approximate surface area is 148 Å². The van der Waals surface area contributed by atoms with Crippen LogP contribution in [0, 0.1) is 0 Å². The van der Waals surface area contributed by atoms with Crippen molar-refractivity contribution < 1.29 is 13.2 Å². The lowest BCUT2D eigenvalue weighted by Gasteiger charge is -2.11. The van der Waals surface area contributed by atoms with Gasteiger partial charge in [0.2, 0.25) is 10.0 Å². The van der Waals surface area contributed by atoms with Gasteiger partial charge in [-0.1, -0.05) is 30.3 Å². The molecule has 2 aromatic carbocycles. The summed E-state index contributed by atoms with van der Waals surface area (Å²) in [6, 6.07) is 15.1. The van der Waals surface area contributed by atoms with Crippen molar-refractivity contribution in [2.45, 2.75) is 11.4 Å². The summed E-state index contributed by atoms with van der Waals surface area (Å²) < 4.78 is 27.0. The number of sulfonamides is 1. The van der Waals surface area contributed by atoms with E-state index in [1.807, 2.05) is 19.0 Å². The van der Waals surface area contributed by atoms with E-state index in [4.69, 9.17) is 0 Å². The largest absolute Gasteiger partial charge is 0.351 e. The Hall–Kier alpha value is -2.22. The highest BCUT2D eigenvalue weighted by atomic mass is 32.2. The van der Waals surface area contributed by atoms with Crippen LogP contribution in [-0.2, 0) is 16.6 Å². The number of likely N-dealkylation sites (N-methyl/N-ethyl adjacent to an activating group) is 1. The predicted octanol–water partition coefficient (Wildman–Crippen LogP) is 1.46. The summed E-state index contributed by atoms with van der Waals surface area (Å²) >= 11 is 0. The molecule has 1 amide bonds. The molecule has 0 atom stereocenters. The van der Waals surface area contributed by atoms with Gasteiger partial charge in [0, 0.05) is 25.2 Å². The molecule has 0 saturated carbocycles. The number of rotatable bonds is 8. The molecule has 0 aliphatic heterocycles. The molecule has 0 aliphatic carbocycles. The first-order chi connectivity index (χ1) is 11.9. The van der Waals surface area contributed by atoms with Crippen LogP contribution in [0.15, 0.2) is 59.5 Å². The number of hydrogen-bond acceptors (Lipinski definition) is 4. The van der Waals surface area contributed by atoms with Gasteiger partial charge in [0.1, 0.15) is 0 Å². The quantitative estimate of drug-likeness (QED) is 0.746. The van der Waals surface area contributed by atoms with E-state index in [1.54, 1.807) is 42.5 Å². The van der Waals surface area contributed by atoms with Crippen molar-refractivity contribution in [2.24, 2.45) is 0 Å². The normalized spacial score (nSPS) is 11.5. The van der Waals surface area contributed by atoms with E-state index in [0.717, 1.165) is 12.1 Å². The minimum Gasteiger partial charge on any atom is -0.351 e. The third kappa shape index (κ3) is 5.97. The standard InChI is InChI=1S/C18H23N3O3S/c1-21(2)12-11-19-18(22)16-8-6-7-15(13-16)14-20-25(23,24)17-9-4-3-5-10-17/h3-10,13,20H,11-12,14H2,1-2H3,(H,19,22). The number of nitrogens with one attached hydrogen (secondary N) is 2. The fourth-order valence-electron chi connectivity index (χ4n) is 2.18. The molecule has 134 valence electrons. The van der Waals surface area contributed by atoms with Crippen LogP contribution in [0.3, 0.4) is 0 Å². The summed E-state index contributed by atoms with van der Waals surface area (Å²) in [5.41, 5.74) is 1.23. The van der Waals surface area contributed by atoms with Crippen molar-refractivity contribution in [3.8, 4) is 0 Å². The van der Waals surface area contributed by atoms with E-state index in [2.05, 4.69) is 10.0 Å². The summed E-state index contributed by atoms with van der Waals surface area (Å²) in [6.07, 6.45) is 0. The van der Waals surface area contributed by atoms with E-state index in [9.17, 15) is 13.2 Å². The molecule has 6 nitrogen and oxygen atoms in total. The lowest BCUT2D eigenvalue weighted by molar-refractivity contribution is 0.0951. The summed E-state index contributed by atoms with van der Waals surface area (Å²) in [5, 5.41) is 2.84. The van der Waals surface area contributed by atoms with Crippen LogP contribution in [0.1, 0.15) is 15.9 Å². The maximum Gasteiger partial charge on any atom is 0.251 e. The number of hydrogen-bond donors (Lipinski definition) is 2. The molecule has 7 heteroatoms. The molecule has 2 aromatic rings. The van der Waals surface area contributed by atoms with Gasteiger partial charge in [-0.25, -0.2) is 13.1 Å². The van der Waals surface area contributed by atoms with Crippen LogP contribution < -0.4 is 10.0 Å². The van der Waals surface area contributed by atoms with E-state index < -0.39 is 10.0 Å². The first kappa shape index (κ1) is 19.1. The number of benzene rings is 2. The van der Waals surface area contributed by atoms with Gasteiger partial charge in [-0.2, -0.15) is 0 Å². The molecule has 2 rings (SSSR count). The average Bonchev–Trinajstić information content (AvgIpc) is 2.61. The Balaban J connectivity index is 1.98. The molecule has 0 fully saturated rings. The highest BCUT2D eigenvalue weighted by molar-refractivity contribution is 7.89. The number of nitrogens with zero attached hydrogens (tertiary/aromatic N) is 1. The lowest BCUT2D eigenvalue weighted by Crippen LogP contribution is -2.31. The van der Waals surface area contributed by atoms with Gasteiger partial charge >= 0.3 is 0 Å². The SMILES string of the molecule is CN(C)CCNC(=O)c1cccc(CNS(=O)(=O)c2ccccc2)c1. The highest BCUT2D eigenvalue weighted by Crippen LogP contribution is 2.10. The Kier molecular flexibility index (Phi) is 6.69. The molecule has 0 unspecified atom stereocenters. The van der Waals surface area contributed by atoms with Crippen LogP contribution in [-0.4, -0.2) is 46.4 Å². The Bertz CT molecular complexity index is 805. The topological polar surface area (TPSA) is 78.5 Å². The molecular formula is C18H23N3O3S. The molecule has 25 heavy (non-hydrogen) atoms. The molecular weight excluding hydrogens is 338 g/mol. The summed E-state index contributed by atoms with van der Waals surface area (Å²) in [5.74, 6) is -0.172. The highest BCUT2D eigenvalue weighted by Gasteiger charge is 2.13. The zero-order valence-corrected chi connectivity index (χ0v) is 15.2. The maximum atomic E-state index is 12.2. The van der Waals surface area contributed by atoms with Crippen LogP contribution in [0.2, 0.25) is 0 Å². The zero-order chi connectivity index (χ0) is 18.3. The first-order valence-electron chi connectivity index (χ1n) is 7.95. The summed E-state index contributed by atoms with van der Waals surface area (Å²) in [6.45, 7) is 1.43. The molecule has 0 radical (unpaired) electrons. The second-order valence-corrected chi connectivity index (χ2v) is 7.66. The van der Waals surface area contributed by atoms with Gasteiger partial charge in [0.25, 0.3) is 5.91 Å². The van der Waals surface area contributed by atoms with Crippen molar-refractivity contribution >= 4 is 15.9 Å². The van der Waals surface area contributed by atoms with Crippen LogP contribution in [0.25, 0.3) is 0 Å². The first-order valence-corrected chi connectivity index (χ1v) is 9.43. The average molecular weight is 361 g/mol. The second-order valence-electron chi connectivity index (χ2n) is 5.90. The van der Waals surface area contributed by atoms with Gasteiger partial charge in [0.05, 0.1) is 4.90 Å². The number of amides is 1. The van der Waals surface area contributed by atoms with E-state index >= 15 is 0 Å². The molecule has 0 aromatic heterocycles. The van der Waals surface area contributed by atoms with Gasteiger partial charge in [-0.3, -0.25) is 4.79 Å². The van der Waals surface area contributed by atoms with Crippen molar-refractivity contribution in [1.82, 2.24) is 14.9 Å². The minimum atomic E-state index is -3.57. The number of carbonyl (C=O) groups is 1. The fraction of sp³-hybridized carbons (Fsp3) is 0.278. The van der Waals surface area contributed by atoms with Gasteiger partial charge in [0.15, 0.2) is 0 Å². The molecule has 0 heterocycles. The van der Waals surface area contributed by atoms with E-state index in [0.29, 0.717) is 12.1 Å². The van der Waals surface area contributed by atoms with E-state index in [1.165, 1.54) is 12.1 Å². The second kappa shape index (κ2) is 8.75. The third-order valence-electron chi connectivity index (χ3n) is 3.55. The predicted molar refractivity (Wildman–Crippen MR) is 97.8 cm³/mol. The van der Waals surface area contributed by atoms with Gasteiger partial charge in [-0.15, -0.1) is 0 Å². The third-order valence-corrected chi connectivity index (χ3v) is 4.97. The Morgan fingerprint density at radius 3 is 2.44 bits per heavy atom. The molecule has 2 N–H and O–H groups in total. The van der Waals surface area contributed by atoms with Crippen molar-refractivity contribution in [1.29, 1.82) is 0 Å². The van der Waals surface area contributed by atoms with E-state index in [-0.39, 0.29) is 17.3 Å². The summed E-state index contributed by atoms with van der Waals surface area (Å²) in [4.78, 5) is 14.3.